The molecule has 1 aliphatic carbocycles. The molecule has 3 rings (SSSR count). The second-order valence-electron chi connectivity index (χ2n) is 5.44. The minimum absolute atomic E-state index is 0.281. The summed E-state index contributed by atoms with van der Waals surface area (Å²) in [5.41, 5.74) is 8.96. The molecule has 0 radical (unpaired) electrons. The first kappa shape index (κ1) is 10.3. The molecule has 0 atom stereocenters. The van der Waals surface area contributed by atoms with Crippen molar-refractivity contribution in [3.63, 3.8) is 0 Å². The molecule has 0 amide bonds. The fourth-order valence-corrected chi connectivity index (χ4v) is 2.96. The third-order valence-corrected chi connectivity index (χ3v) is 4.30. The van der Waals surface area contributed by atoms with Crippen molar-refractivity contribution >= 4 is 0 Å². The van der Waals surface area contributed by atoms with Gasteiger partial charge in [0.2, 0.25) is 0 Å². The Bertz CT molecular complexity index is 374. The van der Waals surface area contributed by atoms with E-state index in [1.54, 1.807) is 0 Å². The maximum Gasteiger partial charge on any atom is 0.0588 e. The molecule has 1 heterocycles. The summed E-state index contributed by atoms with van der Waals surface area (Å²) in [6.45, 7) is 3.90. The average molecular weight is 217 g/mol. The van der Waals surface area contributed by atoms with Gasteiger partial charge in [0.05, 0.1) is 13.2 Å². The van der Waals surface area contributed by atoms with E-state index in [1.165, 1.54) is 11.1 Å². The molecule has 2 N–H and O–H groups in total. The van der Waals surface area contributed by atoms with Gasteiger partial charge in [-0.25, -0.2) is 0 Å². The van der Waals surface area contributed by atoms with E-state index in [9.17, 15) is 0 Å². The summed E-state index contributed by atoms with van der Waals surface area (Å²) in [6.07, 6.45) is 2.33. The summed E-state index contributed by atoms with van der Waals surface area (Å²) in [7, 11) is 0. The van der Waals surface area contributed by atoms with Crippen LogP contribution in [0.15, 0.2) is 24.3 Å². The van der Waals surface area contributed by atoms with Crippen LogP contribution >= 0.6 is 0 Å². The number of nitrogens with two attached hydrogens (primary N) is 1. The van der Waals surface area contributed by atoms with Gasteiger partial charge in [-0.1, -0.05) is 29.8 Å². The van der Waals surface area contributed by atoms with Gasteiger partial charge in [0.25, 0.3) is 0 Å². The molecule has 0 spiro atoms. The molecule has 86 valence electrons. The van der Waals surface area contributed by atoms with Crippen molar-refractivity contribution in [2.45, 2.75) is 31.2 Å². The molecule has 2 nitrogen and oxygen atoms in total. The second-order valence-corrected chi connectivity index (χ2v) is 5.44. The van der Waals surface area contributed by atoms with Crippen molar-refractivity contribution in [1.29, 1.82) is 0 Å². The highest BCUT2D eigenvalue weighted by molar-refractivity contribution is 5.32. The molecule has 0 unspecified atom stereocenters. The van der Waals surface area contributed by atoms with E-state index >= 15 is 0 Å². The molecule has 2 aliphatic rings. The highest BCUT2D eigenvalue weighted by Gasteiger charge is 2.50. The van der Waals surface area contributed by atoms with Crippen LogP contribution in [0.2, 0.25) is 0 Å². The minimum Gasteiger partial charge on any atom is -0.379 e. The van der Waals surface area contributed by atoms with Crippen molar-refractivity contribution in [3.8, 4) is 0 Å². The Hall–Kier alpha value is -0.860. The first-order valence-corrected chi connectivity index (χ1v) is 6.11. The average Bonchev–Trinajstić information content (AvgIpc) is 2.16. The van der Waals surface area contributed by atoms with Gasteiger partial charge in [-0.2, -0.15) is 0 Å². The predicted molar refractivity (Wildman–Crippen MR) is 64.4 cm³/mol. The van der Waals surface area contributed by atoms with E-state index < -0.39 is 0 Å². The Morgan fingerprint density at radius 2 is 1.81 bits per heavy atom. The molecule has 16 heavy (non-hydrogen) atoms. The fraction of sp³-hybridized carbons (Fsp3) is 0.571. The van der Waals surface area contributed by atoms with Crippen molar-refractivity contribution in [2.24, 2.45) is 11.7 Å². The molecular formula is C14H19NO. The molecule has 1 saturated heterocycles. The van der Waals surface area contributed by atoms with Gasteiger partial charge in [0, 0.05) is 11.5 Å². The summed E-state index contributed by atoms with van der Waals surface area (Å²) in [5, 5.41) is 0. The summed E-state index contributed by atoms with van der Waals surface area (Å²) in [4.78, 5) is 0. The lowest BCUT2D eigenvalue weighted by Crippen LogP contribution is -2.58. The highest BCUT2D eigenvalue weighted by Crippen LogP contribution is 2.48. The van der Waals surface area contributed by atoms with Crippen LogP contribution in [-0.2, 0) is 10.2 Å². The highest BCUT2D eigenvalue weighted by atomic mass is 16.5. The topological polar surface area (TPSA) is 35.2 Å². The molecule has 1 aromatic rings. The molecule has 2 heteroatoms. The van der Waals surface area contributed by atoms with E-state index in [2.05, 4.69) is 31.2 Å². The van der Waals surface area contributed by atoms with E-state index in [4.69, 9.17) is 10.5 Å². The predicted octanol–water partition coefficient (Wildman–Crippen LogP) is 2.00. The maximum absolute atomic E-state index is 5.91. The smallest absolute Gasteiger partial charge is 0.0588 e. The number of rotatable bonds is 2. The van der Waals surface area contributed by atoms with Gasteiger partial charge in [0.1, 0.15) is 0 Å². The van der Waals surface area contributed by atoms with E-state index in [0.29, 0.717) is 6.04 Å². The van der Waals surface area contributed by atoms with E-state index in [1.807, 2.05) is 0 Å². The van der Waals surface area contributed by atoms with E-state index in [-0.39, 0.29) is 5.41 Å². The van der Waals surface area contributed by atoms with E-state index in [0.717, 1.165) is 32.0 Å². The number of benzene rings is 1. The van der Waals surface area contributed by atoms with Crippen molar-refractivity contribution in [2.75, 3.05) is 13.2 Å². The first-order valence-electron chi connectivity index (χ1n) is 6.11. The zero-order chi connectivity index (χ0) is 11.2. The lowest BCUT2D eigenvalue weighted by Gasteiger charge is -2.53. The van der Waals surface area contributed by atoms with Crippen molar-refractivity contribution < 1.29 is 4.74 Å². The van der Waals surface area contributed by atoms with Crippen LogP contribution in [0.4, 0.5) is 0 Å². The summed E-state index contributed by atoms with van der Waals surface area (Å²) in [6, 6.07) is 9.36. The fourth-order valence-electron chi connectivity index (χ4n) is 2.96. The molecule has 1 aliphatic heterocycles. The summed E-state index contributed by atoms with van der Waals surface area (Å²) in [5.74, 6) is 0.735. The van der Waals surface area contributed by atoms with Crippen LogP contribution in [0.1, 0.15) is 24.0 Å². The molecule has 1 aromatic carbocycles. The zero-order valence-electron chi connectivity index (χ0n) is 9.78. The molecular weight excluding hydrogens is 198 g/mol. The van der Waals surface area contributed by atoms with Gasteiger partial charge < -0.3 is 10.5 Å². The van der Waals surface area contributed by atoms with Crippen LogP contribution in [0.5, 0.6) is 0 Å². The van der Waals surface area contributed by atoms with Crippen molar-refractivity contribution in [3.05, 3.63) is 35.4 Å². The minimum atomic E-state index is 0.281. The normalized spacial score (nSPS) is 31.6. The largest absolute Gasteiger partial charge is 0.379 e. The van der Waals surface area contributed by atoms with Gasteiger partial charge in [0.15, 0.2) is 0 Å². The quantitative estimate of drug-likeness (QED) is 0.822. The second kappa shape index (κ2) is 3.57. The maximum atomic E-state index is 5.91. The zero-order valence-corrected chi connectivity index (χ0v) is 9.78. The lowest BCUT2D eigenvalue weighted by atomic mass is 9.59. The van der Waals surface area contributed by atoms with Crippen LogP contribution in [0.3, 0.4) is 0 Å². The number of aryl methyl sites for hydroxylation is 1. The Morgan fingerprint density at radius 1 is 1.19 bits per heavy atom. The summed E-state index contributed by atoms with van der Waals surface area (Å²) < 4.78 is 5.47. The summed E-state index contributed by atoms with van der Waals surface area (Å²) >= 11 is 0. The van der Waals surface area contributed by atoms with Gasteiger partial charge >= 0.3 is 0 Å². The third-order valence-electron chi connectivity index (χ3n) is 4.30. The van der Waals surface area contributed by atoms with Gasteiger partial charge in [-0.15, -0.1) is 0 Å². The van der Waals surface area contributed by atoms with Crippen LogP contribution < -0.4 is 5.73 Å². The third kappa shape index (κ3) is 1.40. The number of ether oxygens (including phenoxy) is 1. The standard InChI is InChI=1S/C14H19NO/c1-10-2-4-11(5-3-10)14(8-16-9-14)12-6-13(15)7-12/h2-5,12-13H,6-9,15H2,1H3. The van der Waals surface area contributed by atoms with Gasteiger partial charge in [-0.3, -0.25) is 0 Å². The molecule has 1 saturated carbocycles. The van der Waals surface area contributed by atoms with Crippen LogP contribution in [-0.4, -0.2) is 19.3 Å². The van der Waals surface area contributed by atoms with Crippen molar-refractivity contribution in [1.82, 2.24) is 0 Å². The lowest BCUT2D eigenvalue weighted by molar-refractivity contribution is -0.111. The Labute approximate surface area is 96.8 Å². The monoisotopic (exact) mass is 217 g/mol. The Morgan fingerprint density at radius 3 is 2.25 bits per heavy atom. The SMILES string of the molecule is Cc1ccc(C2(C3CC(N)C3)COC2)cc1. The van der Waals surface area contributed by atoms with Gasteiger partial charge in [-0.05, 0) is 31.2 Å². The van der Waals surface area contributed by atoms with Crippen LogP contribution in [0.25, 0.3) is 0 Å². The van der Waals surface area contributed by atoms with Crippen LogP contribution in [0, 0.1) is 12.8 Å². The Balaban J connectivity index is 1.87. The number of hydrogen-bond donors (Lipinski definition) is 1. The molecule has 0 aromatic heterocycles. The first-order chi connectivity index (χ1) is 7.71. The Kier molecular flexibility index (Phi) is 2.30. The number of hydrogen-bond acceptors (Lipinski definition) is 2. The molecule has 2 fully saturated rings. The molecule has 0 bridgehead atoms.